The molecule has 1 saturated heterocycles. The van der Waals surface area contributed by atoms with Gasteiger partial charge >= 0.3 is 0 Å². The lowest BCUT2D eigenvalue weighted by Gasteiger charge is -2.42. The first-order valence-corrected chi connectivity index (χ1v) is 16.2. The summed E-state index contributed by atoms with van der Waals surface area (Å²) in [5.41, 5.74) is 2.02. The number of hydrogen-bond donors (Lipinski definition) is 7. The summed E-state index contributed by atoms with van der Waals surface area (Å²) in [6, 6.07) is 10.5. The van der Waals surface area contributed by atoms with Gasteiger partial charge < -0.3 is 40.7 Å². The number of hydrogen-bond acceptors (Lipinski definition) is 13. The first kappa shape index (κ1) is 32.6. The van der Waals surface area contributed by atoms with E-state index in [0.717, 1.165) is 0 Å². The third-order valence-electron chi connectivity index (χ3n) is 9.00. The molecule has 1 aliphatic heterocycles. The number of nitrogens with zero attached hydrogens (tertiary/aromatic N) is 1. The van der Waals surface area contributed by atoms with Gasteiger partial charge in [-0.2, -0.15) is 13.5 Å². The largest absolute Gasteiger partial charge is 0.507 e. The zero-order valence-corrected chi connectivity index (χ0v) is 26.1. The maximum atomic E-state index is 13.7. The summed E-state index contributed by atoms with van der Waals surface area (Å²) in [7, 11) is -4.14. The van der Waals surface area contributed by atoms with E-state index in [0.29, 0.717) is 0 Å². The first-order valence-electron chi connectivity index (χ1n) is 14.7. The first-order chi connectivity index (χ1) is 22.1. The molecule has 3 aromatic rings. The highest BCUT2D eigenvalue weighted by atomic mass is 32.2. The molecule has 8 N–H and O–H groups in total. The number of nitrogens with one attached hydrogen (secondary N) is 1. The van der Waals surface area contributed by atoms with Crippen LogP contribution in [-0.2, 0) is 25.9 Å². The van der Waals surface area contributed by atoms with E-state index in [1.54, 1.807) is 13.0 Å². The Morgan fingerprint density at radius 2 is 1.70 bits per heavy atom. The van der Waals surface area contributed by atoms with Crippen LogP contribution in [0.15, 0.2) is 58.5 Å². The van der Waals surface area contributed by atoms with Crippen LogP contribution in [0.2, 0.25) is 0 Å². The number of carbonyl (C=O) groups excluding carboxylic acids is 2. The van der Waals surface area contributed by atoms with Crippen LogP contribution in [0.5, 0.6) is 17.2 Å². The van der Waals surface area contributed by atoms with E-state index in [4.69, 9.17) is 15.2 Å². The van der Waals surface area contributed by atoms with Gasteiger partial charge in [-0.1, -0.05) is 30.3 Å². The predicted molar refractivity (Wildman–Crippen MR) is 165 cm³/mol. The van der Waals surface area contributed by atoms with Crippen molar-refractivity contribution in [1.82, 2.24) is 4.83 Å². The molecule has 6 atom stereocenters. The number of rotatable bonds is 6. The smallest absolute Gasteiger partial charge is 0.276 e. The quantitative estimate of drug-likeness (QED) is 0.0880. The van der Waals surface area contributed by atoms with Crippen molar-refractivity contribution in [2.24, 2.45) is 10.8 Å². The van der Waals surface area contributed by atoms with Gasteiger partial charge in [0, 0.05) is 42.0 Å². The van der Waals surface area contributed by atoms with Crippen molar-refractivity contribution >= 4 is 27.3 Å². The molecule has 0 bridgehead atoms. The number of benzene rings is 3. The molecule has 0 aromatic heterocycles. The molecule has 0 unspecified atom stereocenters. The van der Waals surface area contributed by atoms with Crippen LogP contribution in [0.4, 0.5) is 0 Å². The SMILES string of the molecule is C/C(=N\NS(=O)(=O)c1ccccc1)[C@]1(O)Cc2c(O)c3c(c(O)c2[C@@H](O[C@H]2C[C@H](N)[C@H](O)[C@H](C)O2)C1)C(=O)c1c(O)cccc1C3=O. The molecule has 47 heavy (non-hydrogen) atoms. The van der Waals surface area contributed by atoms with Gasteiger partial charge in [0.1, 0.15) is 22.8 Å². The number of aliphatic hydroxyl groups excluding tert-OH is 1. The van der Waals surface area contributed by atoms with Crippen molar-refractivity contribution in [1.29, 1.82) is 0 Å². The number of phenolic OH excluding ortho intramolecular Hbond substituents is 3. The maximum Gasteiger partial charge on any atom is 0.276 e. The Balaban J connectivity index is 1.46. The fourth-order valence-corrected chi connectivity index (χ4v) is 7.27. The number of hydrazone groups is 1. The summed E-state index contributed by atoms with van der Waals surface area (Å²) in [5, 5.41) is 59.9. The number of aromatic hydroxyl groups is 3. The molecule has 2 aliphatic carbocycles. The van der Waals surface area contributed by atoms with Gasteiger partial charge in [0.15, 0.2) is 12.1 Å². The van der Waals surface area contributed by atoms with Crippen LogP contribution >= 0.6 is 0 Å². The minimum atomic E-state index is -4.14. The van der Waals surface area contributed by atoms with Gasteiger partial charge in [-0.25, -0.2) is 4.83 Å². The van der Waals surface area contributed by atoms with Gasteiger partial charge in [0.05, 0.1) is 45.6 Å². The van der Waals surface area contributed by atoms with Crippen LogP contribution in [0, 0.1) is 0 Å². The highest BCUT2D eigenvalue weighted by Gasteiger charge is 2.49. The van der Waals surface area contributed by atoms with E-state index in [1.165, 1.54) is 49.4 Å². The summed E-state index contributed by atoms with van der Waals surface area (Å²) in [4.78, 5) is 29.3. The van der Waals surface area contributed by atoms with E-state index in [-0.39, 0.29) is 45.7 Å². The number of fused-ring (bicyclic) bond motifs is 3. The van der Waals surface area contributed by atoms with Crippen molar-refractivity contribution in [2.45, 2.75) is 74.3 Å². The fraction of sp³-hybridized carbons (Fsp3) is 0.344. The third-order valence-corrected chi connectivity index (χ3v) is 10.2. The van der Waals surface area contributed by atoms with Crippen LogP contribution in [0.1, 0.15) is 75.8 Å². The third kappa shape index (κ3) is 5.44. The Bertz CT molecular complexity index is 1920. The van der Waals surface area contributed by atoms with Gasteiger partial charge in [-0.15, -0.1) is 0 Å². The number of ketones is 2. The molecule has 0 spiro atoms. The van der Waals surface area contributed by atoms with Gasteiger partial charge in [-0.3, -0.25) is 9.59 Å². The minimum absolute atomic E-state index is 0.00390. The van der Waals surface area contributed by atoms with Crippen LogP contribution < -0.4 is 10.6 Å². The zero-order valence-electron chi connectivity index (χ0n) is 25.2. The lowest BCUT2D eigenvalue weighted by Crippen LogP contribution is -2.52. The Morgan fingerprint density at radius 1 is 1.02 bits per heavy atom. The van der Waals surface area contributed by atoms with E-state index in [1.807, 2.05) is 0 Å². The van der Waals surface area contributed by atoms with Crippen LogP contribution in [0.3, 0.4) is 0 Å². The second kappa shape index (κ2) is 11.7. The topological polar surface area (TPSA) is 238 Å². The van der Waals surface area contributed by atoms with Gasteiger partial charge in [0.2, 0.25) is 5.78 Å². The molecule has 0 amide bonds. The molecule has 248 valence electrons. The van der Waals surface area contributed by atoms with E-state index >= 15 is 0 Å². The Kier molecular flexibility index (Phi) is 8.10. The van der Waals surface area contributed by atoms with Gasteiger partial charge in [-0.05, 0) is 32.0 Å². The number of sulfonamides is 1. The summed E-state index contributed by atoms with van der Waals surface area (Å²) in [5.74, 6) is -3.68. The average molecular weight is 668 g/mol. The van der Waals surface area contributed by atoms with Crippen molar-refractivity contribution < 1.29 is 53.0 Å². The number of aliphatic hydroxyl groups is 2. The lowest BCUT2D eigenvalue weighted by atomic mass is 9.72. The minimum Gasteiger partial charge on any atom is -0.507 e. The summed E-state index contributed by atoms with van der Waals surface area (Å²) in [6.45, 7) is 2.93. The van der Waals surface area contributed by atoms with E-state index in [9.17, 15) is 43.5 Å². The average Bonchev–Trinajstić information content (AvgIpc) is 3.03. The molecule has 0 radical (unpaired) electrons. The molecule has 0 saturated carbocycles. The summed E-state index contributed by atoms with van der Waals surface area (Å²) >= 11 is 0. The van der Waals surface area contributed by atoms with Crippen LogP contribution in [0.25, 0.3) is 0 Å². The molecule has 6 rings (SSSR count). The number of nitrogens with two attached hydrogens (primary N) is 1. The molecular weight excluding hydrogens is 634 g/mol. The maximum absolute atomic E-state index is 13.7. The Hall–Kier alpha value is -4.38. The molecule has 14 nitrogen and oxygen atoms in total. The van der Waals surface area contributed by atoms with Crippen molar-refractivity contribution in [3.63, 3.8) is 0 Å². The summed E-state index contributed by atoms with van der Waals surface area (Å²) in [6.07, 6.45) is -5.06. The Morgan fingerprint density at radius 3 is 2.38 bits per heavy atom. The molecule has 15 heteroatoms. The standard InChI is InChI=1S/C32H33N3O11S/c1-14-27(37)19(33)11-22(45-14)46-21-13-32(42,15(2)34-35-47(43,44)16-7-4-3-5-8-16)12-18-24(21)31(41)26-25(29(18)39)28(38)17-9-6-10-20(36)23(17)30(26)40/h3-10,14,19,21-22,27,35-37,39,41-42H,11-13,33H2,1-2H3/b34-15+/t14-,19-,21-,22-,27+,32-/m0/s1. The molecule has 3 aromatic carbocycles. The second-order valence-electron chi connectivity index (χ2n) is 12.0. The van der Waals surface area contributed by atoms with Crippen molar-refractivity contribution in [2.75, 3.05) is 0 Å². The number of carbonyl (C=O) groups is 2. The zero-order chi connectivity index (χ0) is 34.0. The van der Waals surface area contributed by atoms with Crippen molar-refractivity contribution in [3.8, 4) is 17.2 Å². The highest BCUT2D eigenvalue weighted by molar-refractivity contribution is 7.89. The normalized spacial score (nSPS) is 27.5. The fourth-order valence-electron chi connectivity index (χ4n) is 6.39. The number of phenols is 3. The molecule has 1 fully saturated rings. The van der Waals surface area contributed by atoms with E-state index < -0.39 is 92.6 Å². The summed E-state index contributed by atoms with van der Waals surface area (Å²) < 4.78 is 37.7. The lowest BCUT2D eigenvalue weighted by molar-refractivity contribution is -0.245. The Labute approximate surface area is 269 Å². The molecule has 1 heterocycles. The highest BCUT2D eigenvalue weighted by Crippen LogP contribution is 2.52. The number of ether oxygens (including phenoxy) is 2. The van der Waals surface area contributed by atoms with Gasteiger partial charge in [0.25, 0.3) is 10.0 Å². The molecular formula is C32H33N3O11S. The molecule has 3 aliphatic rings. The predicted octanol–water partition coefficient (Wildman–Crippen LogP) is 1.49. The second-order valence-corrected chi connectivity index (χ2v) is 13.7. The van der Waals surface area contributed by atoms with Crippen molar-refractivity contribution in [3.05, 3.63) is 81.9 Å². The van der Waals surface area contributed by atoms with E-state index in [2.05, 4.69) is 9.93 Å². The van der Waals surface area contributed by atoms with Crippen LogP contribution in [-0.4, -0.2) is 81.4 Å². The monoisotopic (exact) mass is 667 g/mol.